The number of anilines is 1. The van der Waals surface area contributed by atoms with Crippen molar-refractivity contribution in [3.63, 3.8) is 0 Å². The number of rotatable bonds is 5. The monoisotopic (exact) mass is 362 g/mol. The van der Waals surface area contributed by atoms with Crippen LogP contribution in [0.5, 0.6) is 0 Å². The van der Waals surface area contributed by atoms with Gasteiger partial charge in [0.2, 0.25) is 5.91 Å². The summed E-state index contributed by atoms with van der Waals surface area (Å²) in [6.45, 7) is 0. The van der Waals surface area contributed by atoms with Crippen molar-refractivity contribution >= 4 is 11.6 Å². The van der Waals surface area contributed by atoms with Crippen molar-refractivity contribution in [3.8, 4) is 11.4 Å². The number of aromatic amines is 1. The summed E-state index contributed by atoms with van der Waals surface area (Å²) >= 11 is 0. The quantitative estimate of drug-likeness (QED) is 0.716. The fourth-order valence-electron chi connectivity index (χ4n) is 3.49. The van der Waals surface area contributed by atoms with E-state index < -0.39 is 5.41 Å². The van der Waals surface area contributed by atoms with Crippen LogP contribution in [0, 0.1) is 5.82 Å². The Kier molecular flexibility index (Phi) is 3.60. The van der Waals surface area contributed by atoms with E-state index >= 15 is 0 Å². The van der Waals surface area contributed by atoms with Gasteiger partial charge in [-0.3, -0.25) is 9.89 Å². The number of carbonyl (C=O) groups excluding carboxylic acids is 1. The Morgan fingerprint density at radius 2 is 1.96 bits per heavy atom. The molecule has 6 heteroatoms. The van der Waals surface area contributed by atoms with Crippen molar-refractivity contribution in [2.45, 2.75) is 37.0 Å². The highest BCUT2D eigenvalue weighted by molar-refractivity contribution is 6.01. The molecule has 0 radical (unpaired) electrons. The van der Waals surface area contributed by atoms with Crippen LogP contribution >= 0.6 is 0 Å². The first-order valence-electron chi connectivity index (χ1n) is 9.24. The average molecular weight is 362 g/mol. The number of H-pyrrole nitrogens is 1. The third-order valence-corrected chi connectivity index (χ3v) is 5.41. The van der Waals surface area contributed by atoms with Crippen LogP contribution in [0.1, 0.15) is 43.0 Å². The van der Waals surface area contributed by atoms with Gasteiger partial charge in [0.15, 0.2) is 5.82 Å². The Morgan fingerprint density at radius 3 is 2.70 bits per heavy atom. The zero-order valence-corrected chi connectivity index (χ0v) is 14.7. The Labute approximate surface area is 156 Å². The molecule has 0 unspecified atom stereocenters. The Bertz CT molecular complexity index is 1020. The lowest BCUT2D eigenvalue weighted by Gasteiger charge is -2.16. The van der Waals surface area contributed by atoms with E-state index in [1.54, 1.807) is 6.07 Å². The van der Waals surface area contributed by atoms with Crippen LogP contribution in [0.25, 0.3) is 11.4 Å². The van der Waals surface area contributed by atoms with Crippen molar-refractivity contribution in [1.29, 1.82) is 0 Å². The van der Waals surface area contributed by atoms with E-state index in [9.17, 15) is 9.18 Å². The lowest BCUT2D eigenvalue weighted by Crippen LogP contribution is -2.27. The van der Waals surface area contributed by atoms with Crippen LogP contribution in [0.2, 0.25) is 0 Å². The molecule has 2 fully saturated rings. The van der Waals surface area contributed by atoms with Gasteiger partial charge in [0, 0.05) is 17.2 Å². The summed E-state index contributed by atoms with van der Waals surface area (Å²) in [6.07, 6.45) is 3.78. The molecule has 1 heterocycles. The predicted octanol–water partition coefficient (Wildman–Crippen LogP) is 4.16. The number of carbonyl (C=O) groups is 1. The van der Waals surface area contributed by atoms with E-state index in [1.807, 2.05) is 30.3 Å². The van der Waals surface area contributed by atoms with Crippen LogP contribution in [0.3, 0.4) is 0 Å². The van der Waals surface area contributed by atoms with Crippen molar-refractivity contribution in [3.05, 3.63) is 65.7 Å². The van der Waals surface area contributed by atoms with Gasteiger partial charge in [-0.15, -0.1) is 0 Å². The van der Waals surface area contributed by atoms with Crippen LogP contribution in [-0.4, -0.2) is 21.1 Å². The van der Waals surface area contributed by atoms with E-state index in [1.165, 1.54) is 12.1 Å². The maximum atomic E-state index is 13.6. The highest BCUT2D eigenvalue weighted by atomic mass is 19.1. The Balaban J connectivity index is 1.37. The number of hydrogen-bond acceptors (Lipinski definition) is 3. The standard InChI is InChI=1S/C21H19FN4O/c22-16-5-2-4-15(12-16)21(9-10-21)20(27)23-17-6-1-3-14(11-17)19-24-18(25-26-19)13-7-8-13/h1-6,11-13H,7-10H2,(H,23,27)(H,24,25,26). The number of hydrogen-bond donors (Lipinski definition) is 2. The molecule has 5 rings (SSSR count). The summed E-state index contributed by atoms with van der Waals surface area (Å²) in [4.78, 5) is 17.4. The smallest absolute Gasteiger partial charge is 0.235 e. The number of halogens is 1. The van der Waals surface area contributed by atoms with Crippen LogP contribution in [0.4, 0.5) is 10.1 Å². The molecule has 2 saturated carbocycles. The normalized spacial score (nSPS) is 17.5. The second kappa shape index (κ2) is 6.01. The van der Waals surface area contributed by atoms with Gasteiger partial charge in [0.25, 0.3) is 0 Å². The zero-order chi connectivity index (χ0) is 18.4. The largest absolute Gasteiger partial charge is 0.325 e. The molecule has 136 valence electrons. The van der Waals surface area contributed by atoms with Gasteiger partial charge in [0.1, 0.15) is 11.6 Å². The highest BCUT2D eigenvalue weighted by Gasteiger charge is 2.51. The Morgan fingerprint density at radius 1 is 1.15 bits per heavy atom. The molecule has 2 aliphatic carbocycles. The number of aromatic nitrogens is 3. The first-order valence-corrected chi connectivity index (χ1v) is 9.24. The first-order chi connectivity index (χ1) is 13.1. The molecule has 0 bridgehead atoms. The second-order valence-corrected chi connectivity index (χ2v) is 7.45. The Hall–Kier alpha value is -3.02. The SMILES string of the molecule is O=C(Nc1cccc(-c2n[nH]c(C3CC3)n2)c1)C1(c2cccc(F)c2)CC1. The molecule has 0 atom stereocenters. The van der Waals surface area contributed by atoms with Crippen molar-refractivity contribution in [2.24, 2.45) is 0 Å². The predicted molar refractivity (Wildman–Crippen MR) is 99.7 cm³/mol. The molecule has 1 amide bonds. The molecular formula is C21H19FN4O. The summed E-state index contributed by atoms with van der Waals surface area (Å²) in [5, 5.41) is 10.3. The first kappa shape index (κ1) is 16.2. The summed E-state index contributed by atoms with van der Waals surface area (Å²) in [7, 11) is 0. The van der Waals surface area contributed by atoms with Gasteiger partial charge < -0.3 is 5.32 Å². The third-order valence-electron chi connectivity index (χ3n) is 5.41. The summed E-state index contributed by atoms with van der Waals surface area (Å²) in [6, 6.07) is 13.8. The number of benzene rings is 2. The molecule has 0 aliphatic heterocycles. The molecule has 0 saturated heterocycles. The maximum Gasteiger partial charge on any atom is 0.235 e. The van der Waals surface area contributed by atoms with Gasteiger partial charge in [-0.05, 0) is 55.5 Å². The van der Waals surface area contributed by atoms with Gasteiger partial charge in [0.05, 0.1) is 5.41 Å². The highest BCUT2D eigenvalue weighted by Crippen LogP contribution is 2.49. The van der Waals surface area contributed by atoms with Gasteiger partial charge in [-0.2, -0.15) is 5.10 Å². The summed E-state index contributed by atoms with van der Waals surface area (Å²) in [5.74, 6) is 1.67. The fourth-order valence-corrected chi connectivity index (χ4v) is 3.49. The average Bonchev–Trinajstić information content (AvgIpc) is 3.60. The van der Waals surface area contributed by atoms with E-state index in [0.29, 0.717) is 17.4 Å². The lowest BCUT2D eigenvalue weighted by molar-refractivity contribution is -0.118. The molecule has 2 N–H and O–H groups in total. The summed E-state index contributed by atoms with van der Waals surface area (Å²) in [5.41, 5.74) is 1.66. The third kappa shape index (κ3) is 3.01. The minimum absolute atomic E-state index is 0.0982. The van der Waals surface area contributed by atoms with E-state index in [-0.39, 0.29) is 11.7 Å². The van der Waals surface area contributed by atoms with Crippen molar-refractivity contribution in [2.75, 3.05) is 5.32 Å². The number of nitrogens with zero attached hydrogens (tertiary/aromatic N) is 2. The van der Waals surface area contributed by atoms with Crippen LogP contribution < -0.4 is 5.32 Å². The fraction of sp³-hybridized carbons (Fsp3) is 0.286. The molecule has 1 aromatic heterocycles. The molecule has 5 nitrogen and oxygen atoms in total. The second-order valence-electron chi connectivity index (χ2n) is 7.45. The molecular weight excluding hydrogens is 343 g/mol. The van der Waals surface area contributed by atoms with E-state index in [2.05, 4.69) is 20.5 Å². The van der Waals surface area contributed by atoms with E-state index in [0.717, 1.165) is 42.6 Å². The molecule has 2 aliphatic rings. The van der Waals surface area contributed by atoms with Crippen LogP contribution in [0.15, 0.2) is 48.5 Å². The van der Waals surface area contributed by atoms with Gasteiger partial charge in [-0.1, -0.05) is 24.3 Å². The van der Waals surface area contributed by atoms with Gasteiger partial charge in [-0.25, -0.2) is 9.37 Å². The maximum absolute atomic E-state index is 13.6. The summed E-state index contributed by atoms with van der Waals surface area (Å²) < 4.78 is 13.6. The molecule has 2 aromatic carbocycles. The number of nitrogens with one attached hydrogen (secondary N) is 2. The topological polar surface area (TPSA) is 70.7 Å². The zero-order valence-electron chi connectivity index (χ0n) is 14.7. The lowest BCUT2D eigenvalue weighted by atomic mass is 9.94. The molecule has 27 heavy (non-hydrogen) atoms. The number of amides is 1. The molecule has 3 aromatic rings. The minimum atomic E-state index is -0.623. The van der Waals surface area contributed by atoms with Gasteiger partial charge >= 0.3 is 0 Å². The van der Waals surface area contributed by atoms with Crippen molar-refractivity contribution in [1.82, 2.24) is 15.2 Å². The van der Waals surface area contributed by atoms with Crippen molar-refractivity contribution < 1.29 is 9.18 Å². The van der Waals surface area contributed by atoms with E-state index in [4.69, 9.17) is 0 Å². The molecule has 0 spiro atoms. The minimum Gasteiger partial charge on any atom is -0.325 e. The van der Waals surface area contributed by atoms with Crippen LogP contribution in [-0.2, 0) is 10.2 Å².